The molecule has 4 heterocycles. The molecule has 4 aliphatic rings. The van der Waals surface area contributed by atoms with Crippen molar-refractivity contribution in [1.82, 2.24) is 30.2 Å². The van der Waals surface area contributed by atoms with E-state index < -0.39 is 11.9 Å². The Hall–Kier alpha value is -2.88. The fraction of sp³-hybridized carbons (Fsp3) is 0.667. The third-order valence-corrected chi connectivity index (χ3v) is 10.6. The van der Waals surface area contributed by atoms with Gasteiger partial charge in [0.05, 0.1) is 31.3 Å². The van der Waals surface area contributed by atoms with Gasteiger partial charge in [0.2, 0.25) is 5.91 Å². The molecule has 44 heavy (non-hydrogen) atoms. The molecule has 0 radical (unpaired) electrons. The van der Waals surface area contributed by atoms with Crippen molar-refractivity contribution < 1.29 is 18.7 Å². The Morgan fingerprint density at radius 2 is 2.05 bits per heavy atom. The molecule has 240 valence electrons. The van der Waals surface area contributed by atoms with Crippen LogP contribution in [-0.2, 0) is 16.0 Å². The number of likely N-dealkylation sites (tertiary alicyclic amines) is 1. The summed E-state index contributed by atoms with van der Waals surface area (Å²) in [5, 5.41) is 17.0. The lowest BCUT2D eigenvalue weighted by Gasteiger charge is -2.53. The fourth-order valence-corrected chi connectivity index (χ4v) is 7.82. The number of carbonyl (C=O) groups is 2. The van der Waals surface area contributed by atoms with E-state index in [1.165, 1.54) is 12.1 Å². The molecule has 11 heteroatoms. The number of hydrogen-bond donors (Lipinski definition) is 2. The lowest BCUT2D eigenvalue weighted by Crippen LogP contribution is -2.72. The number of likely N-dealkylation sites (N-methyl/N-ethyl adjacent to an activating group) is 2. The summed E-state index contributed by atoms with van der Waals surface area (Å²) in [6, 6.07) is 7.07. The molecule has 0 spiro atoms. The van der Waals surface area contributed by atoms with Crippen LogP contribution in [-0.4, -0.2) is 114 Å². The highest BCUT2D eigenvalue weighted by Gasteiger charge is 2.48. The summed E-state index contributed by atoms with van der Waals surface area (Å²) in [6.07, 6.45) is 5.18. The van der Waals surface area contributed by atoms with Gasteiger partial charge in [0.25, 0.3) is 5.91 Å². The van der Waals surface area contributed by atoms with Crippen molar-refractivity contribution in [2.45, 2.75) is 88.6 Å². The molecule has 1 aromatic carbocycles. The van der Waals surface area contributed by atoms with Crippen molar-refractivity contribution in [3.63, 3.8) is 0 Å². The Balaban J connectivity index is 1.41. The van der Waals surface area contributed by atoms with Crippen LogP contribution in [0.5, 0.6) is 0 Å². The van der Waals surface area contributed by atoms with Crippen molar-refractivity contribution in [3.05, 3.63) is 47.8 Å². The molecule has 3 saturated heterocycles. The van der Waals surface area contributed by atoms with Crippen LogP contribution in [0.15, 0.2) is 30.9 Å². The van der Waals surface area contributed by atoms with E-state index in [1.807, 2.05) is 7.05 Å². The molecule has 4 unspecified atom stereocenters. The molecule has 2 amide bonds. The first-order valence-corrected chi connectivity index (χ1v) is 16.0. The normalized spacial score (nSPS) is 33.2. The van der Waals surface area contributed by atoms with Gasteiger partial charge in [-0.15, -0.1) is 0 Å². The lowest BCUT2D eigenvalue weighted by atomic mass is 9.75. The number of benzene rings is 1. The second-order valence-corrected chi connectivity index (χ2v) is 13.2. The van der Waals surface area contributed by atoms with E-state index in [0.717, 1.165) is 25.8 Å². The van der Waals surface area contributed by atoms with E-state index in [0.29, 0.717) is 56.3 Å². The molecule has 7 atom stereocenters. The van der Waals surface area contributed by atoms with E-state index in [2.05, 4.69) is 54.0 Å². The Morgan fingerprint density at radius 1 is 1.25 bits per heavy atom. The topological polar surface area (TPSA) is 104 Å². The molecule has 4 aliphatic heterocycles. The predicted octanol–water partition coefficient (Wildman–Crippen LogP) is 2.52. The SMILES string of the molecule is C=CC(=O)N1CCN(C2NC(OC[C@H]3CCCN3C)NC(C[C@]3(C)Cc4c(F)cccc4C(=O)N3C)C2CC)C[C@H]1CC#N. The van der Waals surface area contributed by atoms with E-state index in [-0.39, 0.29) is 48.2 Å². The van der Waals surface area contributed by atoms with Gasteiger partial charge in [-0.1, -0.05) is 19.6 Å². The summed E-state index contributed by atoms with van der Waals surface area (Å²) in [4.78, 5) is 34.3. The minimum atomic E-state index is -0.617. The van der Waals surface area contributed by atoms with Crippen molar-refractivity contribution in [3.8, 4) is 6.07 Å². The molecule has 3 fully saturated rings. The molecule has 5 rings (SSSR count). The zero-order valence-corrected chi connectivity index (χ0v) is 26.6. The average molecular weight is 610 g/mol. The Morgan fingerprint density at radius 3 is 2.73 bits per heavy atom. The second kappa shape index (κ2) is 13.6. The molecule has 0 bridgehead atoms. The number of ether oxygens (including phenoxy) is 1. The lowest BCUT2D eigenvalue weighted by molar-refractivity contribution is -0.135. The third kappa shape index (κ3) is 6.42. The number of nitrogens with one attached hydrogen (secondary N) is 2. The van der Waals surface area contributed by atoms with Gasteiger partial charge < -0.3 is 19.4 Å². The van der Waals surface area contributed by atoms with E-state index in [9.17, 15) is 14.9 Å². The van der Waals surface area contributed by atoms with Crippen LogP contribution >= 0.6 is 0 Å². The first-order chi connectivity index (χ1) is 21.1. The first-order valence-electron chi connectivity index (χ1n) is 16.0. The van der Waals surface area contributed by atoms with Gasteiger partial charge >= 0.3 is 0 Å². The van der Waals surface area contributed by atoms with Crippen LogP contribution in [0.4, 0.5) is 4.39 Å². The van der Waals surface area contributed by atoms with Gasteiger partial charge in [0.15, 0.2) is 6.35 Å². The molecular weight excluding hydrogens is 561 g/mol. The highest BCUT2D eigenvalue weighted by atomic mass is 19.1. The standard InChI is InChI=1S/C33H48FN7O3/c1-6-24-28(19-33(3)18-26-25(31(43)39(33)5)11-8-12-27(26)34)36-32(44-21-23-10-9-15-38(23)4)37-30(24)40-16-17-41(29(42)7-2)22(20-40)13-14-35/h7-8,11-12,22-24,28,30,32,36-37H,2,6,9-10,13,15-21H2,1,3-5H3/t22-,23-,24?,28?,30?,32?,33+/m1/s1. The monoisotopic (exact) mass is 609 g/mol. The van der Waals surface area contributed by atoms with Crippen molar-refractivity contribution >= 4 is 11.8 Å². The van der Waals surface area contributed by atoms with Gasteiger partial charge in [0.1, 0.15) is 5.82 Å². The fourth-order valence-electron chi connectivity index (χ4n) is 7.82. The number of hydrogen-bond acceptors (Lipinski definition) is 8. The van der Waals surface area contributed by atoms with E-state index >= 15 is 4.39 Å². The summed E-state index contributed by atoms with van der Waals surface area (Å²) in [6.45, 7) is 11.2. The Bertz CT molecular complexity index is 1270. The van der Waals surface area contributed by atoms with Crippen molar-refractivity contribution in [2.24, 2.45) is 5.92 Å². The number of piperazine rings is 1. The maximum atomic E-state index is 15.0. The molecule has 0 aromatic heterocycles. The number of carbonyl (C=O) groups excluding carboxylic acids is 2. The molecule has 1 aromatic rings. The molecule has 0 saturated carbocycles. The number of amides is 2. The van der Waals surface area contributed by atoms with Crippen LogP contribution in [0, 0.1) is 23.1 Å². The van der Waals surface area contributed by atoms with Gasteiger partial charge in [0, 0.05) is 61.3 Å². The van der Waals surface area contributed by atoms with Gasteiger partial charge in [-0.25, -0.2) is 4.39 Å². The van der Waals surface area contributed by atoms with Crippen LogP contribution in [0.2, 0.25) is 0 Å². The summed E-state index contributed by atoms with van der Waals surface area (Å²) < 4.78 is 21.5. The van der Waals surface area contributed by atoms with Gasteiger partial charge in [-0.2, -0.15) is 5.26 Å². The quantitative estimate of drug-likeness (QED) is 0.412. The van der Waals surface area contributed by atoms with Crippen LogP contribution in [0.25, 0.3) is 0 Å². The third-order valence-electron chi connectivity index (χ3n) is 10.6. The predicted molar refractivity (Wildman–Crippen MR) is 166 cm³/mol. The van der Waals surface area contributed by atoms with E-state index in [1.54, 1.807) is 21.9 Å². The number of fused-ring (bicyclic) bond motifs is 1. The molecular formula is C33H48FN7O3. The first kappa shape index (κ1) is 32.5. The van der Waals surface area contributed by atoms with Crippen LogP contribution in [0.3, 0.4) is 0 Å². The summed E-state index contributed by atoms with van der Waals surface area (Å²) >= 11 is 0. The number of rotatable bonds is 9. The maximum Gasteiger partial charge on any atom is 0.254 e. The minimum Gasteiger partial charge on any atom is -0.348 e. The van der Waals surface area contributed by atoms with Crippen molar-refractivity contribution in [2.75, 3.05) is 46.9 Å². The smallest absolute Gasteiger partial charge is 0.254 e. The highest BCUT2D eigenvalue weighted by molar-refractivity contribution is 5.97. The van der Waals surface area contributed by atoms with E-state index in [4.69, 9.17) is 4.74 Å². The van der Waals surface area contributed by atoms with Gasteiger partial charge in [-0.05, 0) is 70.8 Å². The molecule has 0 aliphatic carbocycles. The maximum absolute atomic E-state index is 15.0. The molecule has 10 nitrogen and oxygen atoms in total. The van der Waals surface area contributed by atoms with Crippen molar-refractivity contribution in [1.29, 1.82) is 5.26 Å². The Labute approximate surface area is 261 Å². The molecule has 2 N–H and O–H groups in total. The number of halogens is 1. The zero-order chi connectivity index (χ0) is 31.6. The second-order valence-electron chi connectivity index (χ2n) is 13.2. The van der Waals surface area contributed by atoms with Crippen LogP contribution in [0.1, 0.15) is 61.9 Å². The highest BCUT2D eigenvalue weighted by Crippen LogP contribution is 2.38. The zero-order valence-electron chi connectivity index (χ0n) is 26.6. The summed E-state index contributed by atoms with van der Waals surface area (Å²) in [5.41, 5.74) is 0.301. The largest absolute Gasteiger partial charge is 0.348 e. The average Bonchev–Trinajstić information content (AvgIpc) is 3.43. The Kier molecular flexibility index (Phi) is 10.1. The van der Waals surface area contributed by atoms with Gasteiger partial charge in [-0.3, -0.25) is 25.1 Å². The van der Waals surface area contributed by atoms with Crippen LogP contribution < -0.4 is 10.6 Å². The number of nitriles is 1. The summed E-state index contributed by atoms with van der Waals surface area (Å²) in [7, 11) is 3.95. The minimum absolute atomic E-state index is 0.0478. The summed E-state index contributed by atoms with van der Waals surface area (Å²) in [5.74, 6) is -0.530. The number of nitrogens with zero attached hydrogens (tertiary/aromatic N) is 5.